The third kappa shape index (κ3) is 5.05. The Bertz CT molecular complexity index is 1790. The number of rotatable bonds is 9. The Morgan fingerprint density at radius 2 is 1.82 bits per heavy atom. The Kier molecular flexibility index (Phi) is 7.60. The predicted molar refractivity (Wildman–Crippen MR) is 148 cm³/mol. The van der Waals surface area contributed by atoms with E-state index in [9.17, 15) is 18.8 Å². The molecule has 0 bridgehead atoms. The lowest BCUT2D eigenvalue weighted by Crippen LogP contribution is -2.44. The van der Waals surface area contributed by atoms with Gasteiger partial charge in [0.1, 0.15) is 34.0 Å². The molecule has 1 atom stereocenters. The zero-order valence-electron chi connectivity index (χ0n) is 22.0. The molecule has 5 aromatic rings. The Balaban J connectivity index is 1.60. The van der Waals surface area contributed by atoms with Gasteiger partial charge in [-0.3, -0.25) is 9.36 Å². The highest BCUT2D eigenvalue weighted by Gasteiger charge is 2.27. The van der Waals surface area contributed by atoms with Crippen molar-refractivity contribution in [1.82, 2.24) is 24.1 Å². The number of fused-ring (bicyclic) bond motifs is 1. The lowest BCUT2D eigenvalue weighted by molar-refractivity contribution is -0.148. The number of hydrogen-bond donors (Lipinski definition) is 0. The Labute approximate surface area is 231 Å². The van der Waals surface area contributed by atoms with Gasteiger partial charge in [-0.1, -0.05) is 41.7 Å². The first-order valence-electron chi connectivity index (χ1n) is 12.5. The number of aromatic nitrogens is 5. The van der Waals surface area contributed by atoms with Gasteiger partial charge in [-0.05, 0) is 49.6 Å². The molecule has 0 saturated heterocycles. The number of benzene rings is 2. The fourth-order valence-electron chi connectivity index (χ4n) is 4.53. The van der Waals surface area contributed by atoms with Gasteiger partial charge in [0, 0.05) is 12.1 Å². The molecule has 1 unspecified atom stereocenters. The number of thiophene rings is 1. The summed E-state index contributed by atoms with van der Waals surface area (Å²) in [4.78, 5) is 42.4. The topological polar surface area (TPSA) is 110 Å². The van der Waals surface area contributed by atoms with E-state index in [-0.39, 0.29) is 25.0 Å². The first-order chi connectivity index (χ1) is 19.3. The van der Waals surface area contributed by atoms with Crippen molar-refractivity contribution in [2.75, 3.05) is 7.11 Å². The summed E-state index contributed by atoms with van der Waals surface area (Å²) < 4.78 is 27.2. The van der Waals surface area contributed by atoms with E-state index >= 15 is 0 Å². The molecule has 0 spiro atoms. The number of nitrogens with zero attached hydrogens (tertiary/aromatic N) is 5. The average molecular weight is 564 g/mol. The molecule has 206 valence electrons. The van der Waals surface area contributed by atoms with Crippen molar-refractivity contribution in [3.8, 4) is 10.8 Å². The van der Waals surface area contributed by atoms with Gasteiger partial charge in [-0.25, -0.2) is 18.5 Å². The summed E-state index contributed by atoms with van der Waals surface area (Å²) in [5.41, 5.74) is 0.598. The molecule has 0 saturated carbocycles. The van der Waals surface area contributed by atoms with Gasteiger partial charge in [0.25, 0.3) is 5.56 Å². The fraction of sp³-hybridized carbons (Fsp3) is 0.250. The number of hydrogen-bond acceptors (Lipinski definition) is 8. The molecule has 0 aliphatic heterocycles. The van der Waals surface area contributed by atoms with Gasteiger partial charge < -0.3 is 9.47 Å². The number of methoxy groups -OCH3 is 1. The predicted octanol–water partition coefficient (Wildman–Crippen LogP) is 3.81. The molecule has 40 heavy (non-hydrogen) atoms. The first-order valence-corrected chi connectivity index (χ1v) is 13.3. The van der Waals surface area contributed by atoms with Gasteiger partial charge in [0.15, 0.2) is 0 Å². The Morgan fingerprint density at radius 1 is 1.10 bits per heavy atom. The fourth-order valence-corrected chi connectivity index (χ4v) is 5.77. The number of aryl methyl sites for hydroxylation is 3. The molecular formula is C28H26FN5O5S. The van der Waals surface area contributed by atoms with Crippen LogP contribution in [0.4, 0.5) is 4.39 Å². The largest absolute Gasteiger partial charge is 0.496 e. The molecule has 12 heteroatoms. The zero-order chi connectivity index (χ0) is 28.4. The molecule has 5 rings (SSSR count). The first kappa shape index (κ1) is 27.0. The summed E-state index contributed by atoms with van der Waals surface area (Å²) in [7, 11) is 1.48. The van der Waals surface area contributed by atoms with Crippen LogP contribution in [-0.4, -0.2) is 37.2 Å². The van der Waals surface area contributed by atoms with Gasteiger partial charge in [0.2, 0.25) is 0 Å². The van der Waals surface area contributed by atoms with E-state index < -0.39 is 29.1 Å². The van der Waals surface area contributed by atoms with Gasteiger partial charge >= 0.3 is 11.7 Å². The van der Waals surface area contributed by atoms with E-state index in [0.29, 0.717) is 26.7 Å². The normalized spacial score (nSPS) is 12.0. The molecular weight excluding hydrogens is 537 g/mol. The highest BCUT2D eigenvalue weighted by molar-refractivity contribution is 7.21. The molecule has 2 aromatic carbocycles. The zero-order valence-corrected chi connectivity index (χ0v) is 22.9. The summed E-state index contributed by atoms with van der Waals surface area (Å²) in [5, 5.41) is 9.18. The summed E-state index contributed by atoms with van der Waals surface area (Å²) in [6.45, 7) is 3.29. The van der Waals surface area contributed by atoms with Crippen molar-refractivity contribution in [3.63, 3.8) is 0 Å². The van der Waals surface area contributed by atoms with Crippen molar-refractivity contribution in [2.24, 2.45) is 0 Å². The van der Waals surface area contributed by atoms with Crippen molar-refractivity contribution in [1.29, 1.82) is 0 Å². The molecule has 3 aromatic heterocycles. The van der Waals surface area contributed by atoms with Gasteiger partial charge in [0.05, 0.1) is 24.9 Å². The molecule has 0 aliphatic rings. The van der Waals surface area contributed by atoms with Crippen LogP contribution in [0.25, 0.3) is 15.2 Å². The van der Waals surface area contributed by atoms with Crippen LogP contribution in [0.5, 0.6) is 5.75 Å². The summed E-state index contributed by atoms with van der Waals surface area (Å²) in [6.07, 6.45) is 3.25. The number of ether oxygens (including phenoxy) is 2. The maximum Gasteiger partial charge on any atom is 0.332 e. The molecule has 0 radical (unpaired) electrons. The minimum atomic E-state index is -1.20. The van der Waals surface area contributed by atoms with Crippen molar-refractivity contribution >= 4 is 27.5 Å². The SMILES string of the molecule is COc1ccc(F)cc1CCn1c(=O)n(C(C)C(=O)OCc2ccccc2)c(=O)c2c(C)c(-n3nccn3)sc21. The number of esters is 1. The van der Waals surface area contributed by atoms with Crippen molar-refractivity contribution in [2.45, 2.75) is 39.5 Å². The van der Waals surface area contributed by atoms with Crippen LogP contribution in [0.3, 0.4) is 0 Å². The van der Waals surface area contributed by atoms with E-state index in [4.69, 9.17) is 9.47 Å². The second-order valence-electron chi connectivity index (χ2n) is 9.12. The van der Waals surface area contributed by atoms with Crippen LogP contribution in [0.2, 0.25) is 0 Å². The van der Waals surface area contributed by atoms with Crippen LogP contribution < -0.4 is 16.0 Å². The second kappa shape index (κ2) is 11.3. The average Bonchev–Trinajstić information content (AvgIpc) is 3.60. The minimum Gasteiger partial charge on any atom is -0.496 e. The van der Waals surface area contributed by atoms with Crippen molar-refractivity contribution < 1.29 is 18.7 Å². The molecule has 10 nitrogen and oxygen atoms in total. The van der Waals surface area contributed by atoms with E-state index in [0.717, 1.165) is 10.1 Å². The van der Waals surface area contributed by atoms with E-state index in [1.54, 1.807) is 6.92 Å². The highest BCUT2D eigenvalue weighted by atomic mass is 32.1. The highest BCUT2D eigenvalue weighted by Crippen LogP contribution is 2.31. The maximum absolute atomic E-state index is 14.0. The van der Waals surface area contributed by atoms with E-state index in [2.05, 4.69) is 10.2 Å². The third-order valence-electron chi connectivity index (χ3n) is 6.62. The number of carbonyl (C=O) groups is 1. The van der Waals surface area contributed by atoms with Crippen molar-refractivity contribution in [3.05, 3.63) is 104 Å². The number of carbonyl (C=O) groups excluding carboxylic acids is 1. The second-order valence-corrected chi connectivity index (χ2v) is 10.1. The Morgan fingerprint density at radius 3 is 2.52 bits per heavy atom. The maximum atomic E-state index is 14.0. The van der Waals surface area contributed by atoms with E-state index in [1.807, 2.05) is 30.3 Å². The van der Waals surface area contributed by atoms with Gasteiger partial charge in [-0.2, -0.15) is 10.2 Å². The smallest absolute Gasteiger partial charge is 0.332 e. The van der Waals surface area contributed by atoms with Crippen LogP contribution in [0.1, 0.15) is 29.7 Å². The quantitative estimate of drug-likeness (QED) is 0.251. The van der Waals surface area contributed by atoms with Crippen LogP contribution in [-0.2, 0) is 29.1 Å². The van der Waals surface area contributed by atoms with Gasteiger partial charge in [-0.15, -0.1) is 4.80 Å². The third-order valence-corrected chi connectivity index (χ3v) is 7.90. The van der Waals surface area contributed by atoms with E-state index in [1.165, 1.54) is 65.3 Å². The molecule has 0 amide bonds. The minimum absolute atomic E-state index is 0.00115. The Hall–Kier alpha value is -4.58. The molecule has 0 aliphatic carbocycles. The molecule has 0 N–H and O–H groups in total. The molecule has 0 fully saturated rings. The lowest BCUT2D eigenvalue weighted by atomic mass is 10.1. The summed E-state index contributed by atoms with van der Waals surface area (Å²) in [5.74, 6) is -0.685. The number of halogens is 1. The van der Waals surface area contributed by atoms with Crippen LogP contribution in [0, 0.1) is 12.7 Å². The summed E-state index contributed by atoms with van der Waals surface area (Å²) in [6, 6.07) is 12.1. The lowest BCUT2D eigenvalue weighted by Gasteiger charge is -2.17. The van der Waals surface area contributed by atoms with Crippen LogP contribution in [0.15, 0.2) is 70.5 Å². The summed E-state index contributed by atoms with van der Waals surface area (Å²) >= 11 is 1.19. The molecule has 3 heterocycles. The standard InChI is InChI=1S/C28H26FN5O5S/c1-17-23-24(35)33(18(2)27(36)39-16-19-7-5-4-6-8-19)28(37)32(26(23)40-25(17)34-30-12-13-31-34)14-11-20-15-21(29)9-10-22(20)38-3/h4-10,12-13,15,18H,11,14,16H2,1-3H3. The van der Waals surface area contributed by atoms with Crippen LogP contribution >= 0.6 is 11.3 Å². The monoisotopic (exact) mass is 563 g/mol.